The van der Waals surface area contributed by atoms with Gasteiger partial charge in [0.05, 0.1) is 16.6 Å². The van der Waals surface area contributed by atoms with Crippen LogP contribution < -0.4 is 15.2 Å². The Labute approximate surface area is 155 Å². The fraction of sp³-hybridized carbons (Fsp3) is 0.333. The summed E-state index contributed by atoms with van der Waals surface area (Å²) < 4.78 is 68.3. The van der Waals surface area contributed by atoms with Gasteiger partial charge in [0.2, 0.25) is 10.0 Å². The largest absolute Gasteiger partial charge is 0.490 e. The van der Waals surface area contributed by atoms with Gasteiger partial charge in [0.25, 0.3) is 0 Å². The molecule has 9 heteroatoms. The second kappa shape index (κ2) is 7.40. The highest BCUT2D eigenvalue weighted by Crippen LogP contribution is 2.36. The molecule has 2 aromatic carbocycles. The number of primary sulfonamides is 1. The number of alkyl halides is 3. The summed E-state index contributed by atoms with van der Waals surface area (Å²) in [5.41, 5.74) is -0.365. The van der Waals surface area contributed by atoms with Gasteiger partial charge in [0.15, 0.2) is 0 Å². The van der Waals surface area contributed by atoms with Crippen molar-refractivity contribution < 1.29 is 26.3 Å². The maximum Gasteiger partial charge on any atom is 0.417 e. The van der Waals surface area contributed by atoms with Gasteiger partial charge >= 0.3 is 6.18 Å². The summed E-state index contributed by atoms with van der Waals surface area (Å²) in [6.45, 7) is 0.231. The molecule has 1 saturated carbocycles. The quantitative estimate of drug-likeness (QED) is 0.771. The molecule has 0 spiro atoms. The smallest absolute Gasteiger partial charge is 0.417 e. The first-order valence-electron chi connectivity index (χ1n) is 8.37. The molecule has 1 aliphatic carbocycles. The lowest BCUT2D eigenvalue weighted by Gasteiger charge is -2.27. The SMILES string of the molecule is NS(=O)(=O)c1ccc(NCc2ccccc2OC2CCC2)cc1C(F)(F)F. The van der Waals surface area contributed by atoms with Gasteiger partial charge < -0.3 is 10.1 Å². The number of anilines is 1. The van der Waals surface area contributed by atoms with Crippen molar-refractivity contribution in [3.63, 3.8) is 0 Å². The minimum atomic E-state index is -4.84. The molecular weight excluding hydrogens is 381 g/mol. The Morgan fingerprint density at radius 3 is 2.44 bits per heavy atom. The molecule has 0 bridgehead atoms. The number of halogens is 3. The van der Waals surface area contributed by atoms with E-state index in [1.165, 1.54) is 6.07 Å². The molecule has 5 nitrogen and oxygen atoms in total. The monoisotopic (exact) mass is 400 g/mol. The van der Waals surface area contributed by atoms with Crippen molar-refractivity contribution >= 4 is 15.7 Å². The maximum absolute atomic E-state index is 13.2. The van der Waals surface area contributed by atoms with Crippen LogP contribution in [0.3, 0.4) is 0 Å². The van der Waals surface area contributed by atoms with Crippen molar-refractivity contribution in [3.05, 3.63) is 53.6 Å². The van der Waals surface area contributed by atoms with E-state index in [0.29, 0.717) is 5.75 Å². The summed E-state index contributed by atoms with van der Waals surface area (Å²) in [5.74, 6) is 0.687. The van der Waals surface area contributed by atoms with E-state index in [1.807, 2.05) is 24.3 Å². The van der Waals surface area contributed by atoms with Crippen LogP contribution in [0.4, 0.5) is 18.9 Å². The first kappa shape index (κ1) is 19.5. The zero-order chi connectivity index (χ0) is 19.7. The van der Waals surface area contributed by atoms with Gasteiger partial charge in [0, 0.05) is 17.8 Å². The third-order valence-corrected chi connectivity index (χ3v) is 5.36. The normalized spacial score (nSPS) is 15.3. The highest BCUT2D eigenvalue weighted by atomic mass is 32.2. The molecule has 27 heavy (non-hydrogen) atoms. The average Bonchev–Trinajstić information content (AvgIpc) is 2.55. The van der Waals surface area contributed by atoms with E-state index >= 15 is 0 Å². The third-order valence-electron chi connectivity index (χ3n) is 4.39. The molecule has 0 radical (unpaired) electrons. The highest BCUT2D eigenvalue weighted by Gasteiger charge is 2.36. The molecule has 0 aromatic heterocycles. The van der Waals surface area contributed by atoms with E-state index in [2.05, 4.69) is 5.32 Å². The molecule has 3 rings (SSSR count). The number of hydrogen-bond donors (Lipinski definition) is 2. The van der Waals surface area contributed by atoms with Crippen molar-refractivity contribution in [2.45, 2.75) is 43.0 Å². The minimum Gasteiger partial charge on any atom is -0.490 e. The summed E-state index contributed by atoms with van der Waals surface area (Å²) in [4.78, 5) is -0.950. The summed E-state index contributed by atoms with van der Waals surface area (Å²) in [5, 5.41) is 7.78. The van der Waals surface area contributed by atoms with Gasteiger partial charge in [-0.15, -0.1) is 0 Å². The van der Waals surface area contributed by atoms with Gasteiger partial charge in [-0.25, -0.2) is 13.6 Å². The Hall–Kier alpha value is -2.26. The molecule has 0 saturated heterocycles. The fourth-order valence-electron chi connectivity index (χ4n) is 2.74. The summed E-state index contributed by atoms with van der Waals surface area (Å²) >= 11 is 0. The van der Waals surface area contributed by atoms with Gasteiger partial charge in [0.1, 0.15) is 5.75 Å². The van der Waals surface area contributed by atoms with Gasteiger partial charge in [-0.2, -0.15) is 13.2 Å². The van der Waals surface area contributed by atoms with Crippen LogP contribution in [0.5, 0.6) is 5.75 Å². The van der Waals surface area contributed by atoms with Crippen molar-refractivity contribution in [3.8, 4) is 5.75 Å². The number of rotatable bonds is 6. The number of sulfonamides is 1. The van der Waals surface area contributed by atoms with E-state index in [1.54, 1.807) is 0 Å². The van der Waals surface area contributed by atoms with Crippen LogP contribution in [0, 0.1) is 0 Å². The molecule has 0 heterocycles. The lowest BCUT2D eigenvalue weighted by Crippen LogP contribution is -2.25. The molecule has 2 aromatic rings. The summed E-state index contributed by atoms with van der Waals surface area (Å²) in [7, 11) is -4.48. The summed E-state index contributed by atoms with van der Waals surface area (Å²) in [6.07, 6.45) is -1.55. The van der Waals surface area contributed by atoms with Gasteiger partial charge in [-0.3, -0.25) is 0 Å². The first-order valence-corrected chi connectivity index (χ1v) is 9.92. The molecule has 0 atom stereocenters. The Morgan fingerprint density at radius 1 is 1.15 bits per heavy atom. The van der Waals surface area contributed by atoms with E-state index in [0.717, 1.165) is 37.0 Å². The fourth-order valence-corrected chi connectivity index (χ4v) is 3.48. The van der Waals surface area contributed by atoms with Gasteiger partial charge in [-0.1, -0.05) is 18.2 Å². The topological polar surface area (TPSA) is 81.4 Å². The second-order valence-electron chi connectivity index (χ2n) is 6.39. The van der Waals surface area contributed by atoms with Crippen LogP contribution in [-0.2, 0) is 22.7 Å². The maximum atomic E-state index is 13.2. The molecule has 0 aliphatic heterocycles. The zero-order valence-corrected chi connectivity index (χ0v) is 15.1. The molecular formula is C18H19F3N2O3S. The van der Waals surface area contributed by atoms with Crippen LogP contribution in [0.25, 0.3) is 0 Å². The van der Waals surface area contributed by atoms with Crippen molar-refractivity contribution in [2.24, 2.45) is 5.14 Å². The summed E-state index contributed by atoms with van der Waals surface area (Å²) in [6, 6.07) is 10.2. The molecule has 3 N–H and O–H groups in total. The van der Waals surface area contributed by atoms with Crippen LogP contribution in [0.1, 0.15) is 30.4 Å². The molecule has 146 valence electrons. The van der Waals surface area contributed by atoms with Crippen LogP contribution >= 0.6 is 0 Å². The number of benzene rings is 2. The Morgan fingerprint density at radius 2 is 1.85 bits per heavy atom. The third kappa shape index (κ3) is 4.72. The minimum absolute atomic E-state index is 0.133. The molecule has 0 unspecified atom stereocenters. The average molecular weight is 400 g/mol. The zero-order valence-electron chi connectivity index (χ0n) is 14.3. The second-order valence-corrected chi connectivity index (χ2v) is 7.92. The highest BCUT2D eigenvalue weighted by molar-refractivity contribution is 7.89. The number of hydrogen-bond acceptors (Lipinski definition) is 4. The Bertz CT molecular complexity index is 926. The first-order chi connectivity index (χ1) is 12.6. The Kier molecular flexibility index (Phi) is 5.34. The Balaban J connectivity index is 1.81. The van der Waals surface area contributed by atoms with E-state index < -0.39 is 26.7 Å². The predicted octanol–water partition coefficient (Wildman–Crippen LogP) is 3.90. The van der Waals surface area contributed by atoms with Crippen LogP contribution in [-0.4, -0.2) is 14.5 Å². The number of nitrogens with two attached hydrogens (primary N) is 1. The van der Waals surface area contributed by atoms with Crippen molar-refractivity contribution in [1.29, 1.82) is 0 Å². The molecule has 0 amide bonds. The van der Waals surface area contributed by atoms with E-state index in [9.17, 15) is 21.6 Å². The molecule has 1 aliphatic rings. The van der Waals surface area contributed by atoms with E-state index in [-0.39, 0.29) is 18.3 Å². The number of nitrogens with one attached hydrogen (secondary N) is 1. The lowest BCUT2D eigenvalue weighted by atomic mass is 9.96. The van der Waals surface area contributed by atoms with Crippen molar-refractivity contribution in [2.75, 3.05) is 5.32 Å². The van der Waals surface area contributed by atoms with E-state index in [4.69, 9.17) is 9.88 Å². The lowest BCUT2D eigenvalue weighted by molar-refractivity contribution is -0.139. The van der Waals surface area contributed by atoms with Crippen LogP contribution in [0.2, 0.25) is 0 Å². The number of ether oxygens (including phenoxy) is 1. The number of para-hydroxylation sites is 1. The van der Waals surface area contributed by atoms with Crippen LogP contribution in [0.15, 0.2) is 47.4 Å². The van der Waals surface area contributed by atoms with Gasteiger partial charge in [-0.05, 0) is 43.5 Å². The molecule has 1 fully saturated rings. The van der Waals surface area contributed by atoms with Crippen molar-refractivity contribution in [1.82, 2.24) is 0 Å². The predicted molar refractivity (Wildman–Crippen MR) is 94.9 cm³/mol. The standard InChI is InChI=1S/C18H19F3N2O3S/c19-18(20,21)15-10-13(8-9-17(15)27(22,24)25)23-11-12-4-1-2-7-16(12)26-14-5-3-6-14/h1-2,4,7-10,14,23H,3,5-6,11H2,(H2,22,24,25).